The Hall–Kier alpha value is 1.46. The van der Waals surface area contributed by atoms with Crippen molar-refractivity contribution in [3.63, 3.8) is 0 Å². The molecule has 4 saturated carbocycles. The lowest BCUT2D eigenvalue weighted by Gasteiger charge is -2.61. The van der Waals surface area contributed by atoms with Crippen molar-refractivity contribution < 1.29 is 0 Å². The van der Waals surface area contributed by atoms with Crippen molar-refractivity contribution in [2.24, 2.45) is 46.3 Å². The van der Waals surface area contributed by atoms with Crippen LogP contribution in [-0.4, -0.2) is 8.35 Å². The van der Waals surface area contributed by atoms with Gasteiger partial charge < -0.3 is 0 Å². The highest BCUT2D eigenvalue weighted by Gasteiger charge is 2.60. The Morgan fingerprint density at radius 3 is 2.42 bits per heavy atom. The Kier molecular flexibility index (Phi) is 6.33. The zero-order valence-electron chi connectivity index (χ0n) is 17.3. The fourth-order valence-electron chi connectivity index (χ4n) is 8.78. The van der Waals surface area contributed by atoms with Gasteiger partial charge in [0.05, 0.1) is 0 Å². The van der Waals surface area contributed by atoms with Gasteiger partial charge in [0.15, 0.2) is 0 Å². The van der Waals surface area contributed by atoms with Gasteiger partial charge in [-0.15, -0.1) is 0 Å². The summed E-state index contributed by atoms with van der Waals surface area (Å²) in [5, 5.41) is 0. The van der Waals surface area contributed by atoms with E-state index in [4.69, 9.17) is 0 Å². The molecule has 0 spiro atoms. The molecule has 4 aliphatic carbocycles. The van der Waals surface area contributed by atoms with Crippen molar-refractivity contribution in [1.29, 1.82) is 0 Å². The average molecular weight is 582 g/mol. The summed E-state index contributed by atoms with van der Waals surface area (Å²) in [7, 11) is 0. The SMILES string of the molecule is C[C@H](CCCI)[C@H]1CC[C@H]2[C@@H]3CC[C@@H]4C[C@H](I)CC[C@]4(C)[C@H]3CC[C@]12C. The molecule has 2 heteroatoms. The van der Waals surface area contributed by atoms with Gasteiger partial charge in [-0.25, -0.2) is 0 Å². The van der Waals surface area contributed by atoms with Gasteiger partial charge in [-0.05, 0) is 121 Å². The van der Waals surface area contributed by atoms with Crippen LogP contribution in [0.2, 0.25) is 0 Å². The third kappa shape index (κ3) is 3.35. The fourth-order valence-corrected chi connectivity index (χ4v) is 10.1. The molecule has 0 unspecified atom stereocenters. The third-order valence-corrected chi connectivity index (χ3v) is 12.0. The van der Waals surface area contributed by atoms with E-state index in [-0.39, 0.29) is 0 Å². The van der Waals surface area contributed by atoms with E-state index < -0.39 is 0 Å². The number of fused-ring (bicyclic) bond motifs is 5. The van der Waals surface area contributed by atoms with Gasteiger partial charge in [0.2, 0.25) is 0 Å². The first-order valence-corrected chi connectivity index (χ1v) is 14.4. The second-order valence-electron chi connectivity index (χ2n) is 11.1. The molecule has 9 atom stereocenters. The van der Waals surface area contributed by atoms with Crippen LogP contribution >= 0.6 is 45.2 Å². The van der Waals surface area contributed by atoms with Crippen LogP contribution in [-0.2, 0) is 0 Å². The number of alkyl halides is 2. The molecule has 4 aliphatic rings. The predicted octanol–water partition coefficient (Wildman–Crippen LogP) is 8.30. The van der Waals surface area contributed by atoms with Gasteiger partial charge >= 0.3 is 0 Å². The highest BCUT2D eigenvalue weighted by molar-refractivity contribution is 14.1. The summed E-state index contributed by atoms with van der Waals surface area (Å²) >= 11 is 5.32. The summed E-state index contributed by atoms with van der Waals surface area (Å²) in [4.78, 5) is 0. The van der Waals surface area contributed by atoms with E-state index in [9.17, 15) is 0 Å². The Balaban J connectivity index is 1.52. The Labute approximate surface area is 190 Å². The highest BCUT2D eigenvalue weighted by Crippen LogP contribution is 2.68. The van der Waals surface area contributed by atoms with Crippen LogP contribution in [0.15, 0.2) is 0 Å². The first kappa shape index (κ1) is 20.7. The minimum Gasteiger partial charge on any atom is -0.0864 e. The second kappa shape index (κ2) is 7.95. The van der Waals surface area contributed by atoms with E-state index in [1.54, 1.807) is 38.5 Å². The molecule has 0 nitrogen and oxygen atoms in total. The van der Waals surface area contributed by atoms with Gasteiger partial charge in [-0.1, -0.05) is 66.0 Å². The van der Waals surface area contributed by atoms with Crippen LogP contribution in [0.25, 0.3) is 0 Å². The smallest absolute Gasteiger partial charge is 0.0113 e. The van der Waals surface area contributed by atoms with E-state index in [0.717, 1.165) is 39.4 Å². The van der Waals surface area contributed by atoms with Crippen LogP contribution < -0.4 is 0 Å². The molecule has 26 heavy (non-hydrogen) atoms. The normalized spacial score (nSPS) is 52.0. The lowest BCUT2D eigenvalue weighted by molar-refractivity contribution is -0.113. The fraction of sp³-hybridized carbons (Fsp3) is 1.00. The van der Waals surface area contributed by atoms with Crippen molar-refractivity contribution in [2.75, 3.05) is 4.43 Å². The summed E-state index contributed by atoms with van der Waals surface area (Å²) < 4.78 is 2.31. The molecule has 0 saturated heterocycles. The molecule has 150 valence electrons. The summed E-state index contributed by atoms with van der Waals surface area (Å²) in [5.74, 6) is 6.21. The van der Waals surface area contributed by atoms with Crippen LogP contribution in [0.5, 0.6) is 0 Å². The van der Waals surface area contributed by atoms with E-state index in [1.807, 2.05) is 0 Å². The molecule has 0 N–H and O–H groups in total. The van der Waals surface area contributed by atoms with E-state index in [0.29, 0.717) is 10.8 Å². The summed E-state index contributed by atoms with van der Waals surface area (Å²) in [5.41, 5.74) is 1.37. The van der Waals surface area contributed by atoms with Crippen molar-refractivity contribution >= 4 is 45.2 Å². The lowest BCUT2D eigenvalue weighted by atomic mass is 9.44. The van der Waals surface area contributed by atoms with Gasteiger partial charge in [0, 0.05) is 3.92 Å². The Morgan fingerprint density at radius 2 is 1.65 bits per heavy atom. The highest BCUT2D eigenvalue weighted by atomic mass is 127. The summed E-state index contributed by atoms with van der Waals surface area (Å²) in [6.07, 6.45) is 16.8. The van der Waals surface area contributed by atoms with Crippen LogP contribution in [0, 0.1) is 46.3 Å². The molecule has 0 radical (unpaired) electrons. The van der Waals surface area contributed by atoms with Crippen LogP contribution in [0.4, 0.5) is 0 Å². The maximum atomic E-state index is 2.75. The molecule has 0 aromatic rings. The molecule has 4 rings (SSSR count). The lowest BCUT2D eigenvalue weighted by Crippen LogP contribution is -2.53. The molecule has 0 bridgehead atoms. The average Bonchev–Trinajstić information content (AvgIpc) is 2.97. The number of rotatable bonds is 4. The van der Waals surface area contributed by atoms with Gasteiger partial charge in [0.1, 0.15) is 0 Å². The minimum absolute atomic E-state index is 0.676. The quantitative estimate of drug-likeness (QED) is 0.231. The molecule has 0 aromatic heterocycles. The standard InChI is InChI=1S/C24H40I2/c1-16(5-4-14-25)20-8-9-21-19-7-6-17-15-18(26)10-12-23(17,2)22(19)11-13-24(20,21)3/h16-22H,4-15H2,1-3H3/t16-,17-,18-,19+,20-,21+,22+,23+,24-/m1/s1. The van der Waals surface area contributed by atoms with Crippen molar-refractivity contribution in [3.8, 4) is 0 Å². The summed E-state index contributed by atoms with van der Waals surface area (Å²) in [6, 6.07) is 0. The van der Waals surface area contributed by atoms with Crippen molar-refractivity contribution in [3.05, 3.63) is 0 Å². The maximum Gasteiger partial charge on any atom is 0.0113 e. The molecule has 4 fully saturated rings. The van der Waals surface area contributed by atoms with E-state index in [2.05, 4.69) is 66.0 Å². The van der Waals surface area contributed by atoms with Crippen LogP contribution in [0.1, 0.15) is 91.4 Å². The van der Waals surface area contributed by atoms with Gasteiger partial charge in [-0.3, -0.25) is 0 Å². The number of hydrogen-bond donors (Lipinski definition) is 0. The molecule has 0 aromatic carbocycles. The van der Waals surface area contributed by atoms with Gasteiger partial charge in [0.25, 0.3) is 0 Å². The van der Waals surface area contributed by atoms with Crippen LogP contribution in [0.3, 0.4) is 0 Å². The molecule has 0 heterocycles. The van der Waals surface area contributed by atoms with Crippen molar-refractivity contribution in [1.82, 2.24) is 0 Å². The van der Waals surface area contributed by atoms with E-state index in [1.165, 1.54) is 36.5 Å². The first-order valence-electron chi connectivity index (χ1n) is 11.6. The number of hydrogen-bond acceptors (Lipinski definition) is 0. The number of halogens is 2. The van der Waals surface area contributed by atoms with Gasteiger partial charge in [-0.2, -0.15) is 0 Å². The Bertz CT molecular complexity index is 504. The predicted molar refractivity (Wildman–Crippen MR) is 130 cm³/mol. The second-order valence-corrected chi connectivity index (χ2v) is 13.9. The monoisotopic (exact) mass is 582 g/mol. The summed E-state index contributed by atoms with van der Waals surface area (Å²) in [6.45, 7) is 8.06. The third-order valence-electron chi connectivity index (χ3n) is 10.2. The molecule has 0 amide bonds. The van der Waals surface area contributed by atoms with Crippen molar-refractivity contribution in [2.45, 2.75) is 95.3 Å². The zero-order chi connectivity index (χ0) is 18.5. The molecule has 0 aliphatic heterocycles. The van der Waals surface area contributed by atoms with E-state index >= 15 is 0 Å². The minimum atomic E-state index is 0.676. The zero-order valence-corrected chi connectivity index (χ0v) is 21.6. The molecular formula is C24H40I2. The maximum absolute atomic E-state index is 2.75. The molecular weight excluding hydrogens is 542 g/mol. The Morgan fingerprint density at radius 1 is 0.923 bits per heavy atom. The topological polar surface area (TPSA) is 0 Å². The largest absolute Gasteiger partial charge is 0.0864 e. The first-order chi connectivity index (χ1) is 12.4.